The summed E-state index contributed by atoms with van der Waals surface area (Å²) in [5.41, 5.74) is 0. The predicted octanol–water partition coefficient (Wildman–Crippen LogP) is 3.44. The average Bonchev–Trinajstić information content (AvgIpc) is 3.38. The monoisotopic (exact) mass is 447 g/mol. The van der Waals surface area contributed by atoms with Crippen LogP contribution < -0.4 is 20.1 Å². The molecule has 0 amide bonds. The number of ether oxygens (including phenoxy) is 2. The minimum atomic E-state index is 0. The molecular weight excluding hydrogens is 417 g/mol. The molecular formula is C18H30IN3O2. The van der Waals surface area contributed by atoms with Crippen molar-refractivity contribution in [2.75, 3.05) is 27.2 Å². The summed E-state index contributed by atoms with van der Waals surface area (Å²) in [5.74, 6) is 3.44. The molecule has 1 aliphatic carbocycles. The largest absolute Gasteiger partial charge is 0.497 e. The van der Waals surface area contributed by atoms with Crippen LogP contribution in [0.5, 0.6) is 11.5 Å². The number of hydrogen-bond acceptors (Lipinski definition) is 3. The Morgan fingerprint density at radius 2 is 2.04 bits per heavy atom. The molecule has 136 valence electrons. The van der Waals surface area contributed by atoms with E-state index in [1.54, 1.807) is 14.2 Å². The molecule has 2 N–H and O–H groups in total. The number of benzene rings is 1. The molecule has 0 radical (unpaired) electrons. The van der Waals surface area contributed by atoms with Gasteiger partial charge < -0.3 is 20.1 Å². The summed E-state index contributed by atoms with van der Waals surface area (Å²) in [6, 6.07) is 7.66. The number of nitrogens with one attached hydrogen (secondary N) is 2. The van der Waals surface area contributed by atoms with Crippen LogP contribution in [-0.2, 0) is 0 Å². The first-order chi connectivity index (χ1) is 11.2. The van der Waals surface area contributed by atoms with Crippen molar-refractivity contribution in [3.8, 4) is 11.5 Å². The van der Waals surface area contributed by atoms with Gasteiger partial charge in [-0.05, 0) is 37.8 Å². The molecule has 0 saturated heterocycles. The van der Waals surface area contributed by atoms with Gasteiger partial charge in [0, 0.05) is 19.7 Å². The molecule has 1 atom stereocenters. The third kappa shape index (κ3) is 8.08. The molecule has 5 nitrogen and oxygen atoms in total. The van der Waals surface area contributed by atoms with Crippen molar-refractivity contribution in [1.29, 1.82) is 0 Å². The molecule has 0 bridgehead atoms. The summed E-state index contributed by atoms with van der Waals surface area (Å²) in [6.07, 6.45) is 5.42. The van der Waals surface area contributed by atoms with Gasteiger partial charge >= 0.3 is 0 Å². The second-order valence-corrected chi connectivity index (χ2v) is 6.07. The minimum absolute atomic E-state index is 0. The Morgan fingerprint density at radius 1 is 1.29 bits per heavy atom. The van der Waals surface area contributed by atoms with Crippen LogP contribution >= 0.6 is 24.0 Å². The Hall–Kier alpha value is -1.18. The maximum atomic E-state index is 5.89. The Morgan fingerprint density at radius 3 is 2.71 bits per heavy atom. The van der Waals surface area contributed by atoms with Crippen molar-refractivity contribution < 1.29 is 9.47 Å². The highest BCUT2D eigenvalue weighted by Gasteiger charge is 2.19. The fraction of sp³-hybridized carbons (Fsp3) is 0.611. The highest BCUT2D eigenvalue weighted by molar-refractivity contribution is 14.0. The van der Waals surface area contributed by atoms with Crippen molar-refractivity contribution in [2.45, 2.75) is 38.7 Å². The second kappa shape index (κ2) is 11.4. The van der Waals surface area contributed by atoms with Gasteiger partial charge in [0.2, 0.25) is 0 Å². The molecule has 24 heavy (non-hydrogen) atoms. The van der Waals surface area contributed by atoms with Crippen LogP contribution in [0.3, 0.4) is 0 Å². The fourth-order valence-electron chi connectivity index (χ4n) is 2.41. The molecule has 0 heterocycles. The lowest BCUT2D eigenvalue weighted by Gasteiger charge is -2.18. The highest BCUT2D eigenvalue weighted by atomic mass is 127. The zero-order valence-electron chi connectivity index (χ0n) is 14.9. The molecule has 0 aromatic heterocycles. The van der Waals surface area contributed by atoms with E-state index in [0.29, 0.717) is 6.54 Å². The van der Waals surface area contributed by atoms with E-state index in [0.717, 1.165) is 29.9 Å². The van der Waals surface area contributed by atoms with Crippen LogP contribution in [0.25, 0.3) is 0 Å². The molecule has 0 spiro atoms. The molecule has 1 fully saturated rings. The van der Waals surface area contributed by atoms with E-state index < -0.39 is 0 Å². The topological polar surface area (TPSA) is 54.9 Å². The quantitative estimate of drug-likeness (QED) is 0.264. The van der Waals surface area contributed by atoms with Crippen molar-refractivity contribution in [1.82, 2.24) is 10.6 Å². The SMILES string of the molecule is CN=C(NCCCC1CC1)NCC(C)Oc1cccc(OC)c1.I. The molecule has 6 heteroatoms. The summed E-state index contributed by atoms with van der Waals surface area (Å²) < 4.78 is 11.1. The van der Waals surface area contributed by atoms with Gasteiger partial charge in [-0.2, -0.15) is 0 Å². The van der Waals surface area contributed by atoms with Gasteiger partial charge in [-0.3, -0.25) is 4.99 Å². The standard InChI is InChI=1S/C18H29N3O2.HI/c1-14(23-17-8-4-7-16(12-17)22-3)13-21-18(19-2)20-11-5-6-15-9-10-15;/h4,7-8,12,14-15H,5-6,9-11,13H2,1-3H3,(H2,19,20,21);1H. The summed E-state index contributed by atoms with van der Waals surface area (Å²) >= 11 is 0. The molecule has 0 aliphatic heterocycles. The maximum absolute atomic E-state index is 5.89. The highest BCUT2D eigenvalue weighted by Crippen LogP contribution is 2.33. The van der Waals surface area contributed by atoms with E-state index in [9.17, 15) is 0 Å². The van der Waals surface area contributed by atoms with Crippen LogP contribution in [-0.4, -0.2) is 39.3 Å². The van der Waals surface area contributed by atoms with Crippen LogP contribution in [0.2, 0.25) is 0 Å². The van der Waals surface area contributed by atoms with Gasteiger partial charge in [-0.25, -0.2) is 0 Å². The zero-order chi connectivity index (χ0) is 16.5. The van der Waals surface area contributed by atoms with Crippen LogP contribution in [0.4, 0.5) is 0 Å². The maximum Gasteiger partial charge on any atom is 0.191 e. The number of hydrogen-bond donors (Lipinski definition) is 2. The molecule has 1 aromatic rings. The summed E-state index contributed by atoms with van der Waals surface area (Å²) in [4.78, 5) is 4.25. The van der Waals surface area contributed by atoms with E-state index >= 15 is 0 Å². The Kier molecular flexibility index (Phi) is 9.90. The van der Waals surface area contributed by atoms with Crippen molar-refractivity contribution >= 4 is 29.9 Å². The normalized spacial score (nSPS) is 15.2. The number of methoxy groups -OCH3 is 1. The van der Waals surface area contributed by atoms with Gasteiger partial charge in [-0.15, -0.1) is 24.0 Å². The third-order valence-electron chi connectivity index (χ3n) is 3.94. The van der Waals surface area contributed by atoms with Gasteiger partial charge in [0.1, 0.15) is 17.6 Å². The Balaban J connectivity index is 0.00000288. The van der Waals surface area contributed by atoms with Crippen LogP contribution in [0.1, 0.15) is 32.6 Å². The van der Waals surface area contributed by atoms with E-state index in [-0.39, 0.29) is 30.1 Å². The number of halogens is 1. The zero-order valence-corrected chi connectivity index (χ0v) is 17.2. The molecule has 1 aliphatic rings. The average molecular weight is 447 g/mol. The van der Waals surface area contributed by atoms with Gasteiger partial charge in [0.15, 0.2) is 5.96 Å². The lowest BCUT2D eigenvalue weighted by atomic mass is 10.2. The third-order valence-corrected chi connectivity index (χ3v) is 3.94. The first kappa shape index (κ1) is 20.9. The Labute approximate surface area is 162 Å². The number of rotatable bonds is 9. The smallest absolute Gasteiger partial charge is 0.191 e. The molecule has 1 saturated carbocycles. The lowest BCUT2D eigenvalue weighted by molar-refractivity contribution is 0.223. The van der Waals surface area contributed by atoms with Crippen molar-refractivity contribution in [3.63, 3.8) is 0 Å². The first-order valence-electron chi connectivity index (χ1n) is 8.46. The molecule has 2 rings (SSSR count). The number of guanidine groups is 1. The van der Waals surface area contributed by atoms with Crippen molar-refractivity contribution in [3.05, 3.63) is 24.3 Å². The molecule has 1 unspecified atom stereocenters. The second-order valence-electron chi connectivity index (χ2n) is 6.07. The van der Waals surface area contributed by atoms with Crippen LogP contribution in [0, 0.1) is 5.92 Å². The summed E-state index contributed by atoms with van der Waals surface area (Å²) in [6.45, 7) is 3.70. The van der Waals surface area contributed by atoms with Gasteiger partial charge in [-0.1, -0.05) is 18.9 Å². The minimum Gasteiger partial charge on any atom is -0.497 e. The number of aliphatic imine (C=N–C) groups is 1. The van der Waals surface area contributed by atoms with Gasteiger partial charge in [0.05, 0.1) is 13.7 Å². The van der Waals surface area contributed by atoms with Gasteiger partial charge in [0.25, 0.3) is 0 Å². The summed E-state index contributed by atoms with van der Waals surface area (Å²) in [5, 5.41) is 6.66. The molecule has 1 aromatic carbocycles. The fourth-order valence-corrected chi connectivity index (χ4v) is 2.41. The lowest BCUT2D eigenvalue weighted by Crippen LogP contribution is -2.42. The van der Waals surface area contributed by atoms with Crippen molar-refractivity contribution in [2.24, 2.45) is 10.9 Å². The number of nitrogens with zero attached hydrogens (tertiary/aromatic N) is 1. The Bertz CT molecular complexity index is 507. The predicted molar refractivity (Wildman–Crippen MR) is 110 cm³/mol. The summed E-state index contributed by atoms with van der Waals surface area (Å²) in [7, 11) is 3.45. The van der Waals surface area contributed by atoms with E-state index in [1.165, 1.54) is 25.7 Å². The van der Waals surface area contributed by atoms with Crippen LogP contribution in [0.15, 0.2) is 29.3 Å². The van der Waals surface area contributed by atoms with E-state index in [4.69, 9.17) is 9.47 Å². The van der Waals surface area contributed by atoms with E-state index in [2.05, 4.69) is 15.6 Å². The van der Waals surface area contributed by atoms with E-state index in [1.807, 2.05) is 31.2 Å². The first-order valence-corrected chi connectivity index (χ1v) is 8.46.